The minimum absolute atomic E-state index is 0.117. The van der Waals surface area contributed by atoms with Gasteiger partial charge in [-0.15, -0.1) is 0 Å². The average molecular weight is 525 g/mol. The average Bonchev–Trinajstić information content (AvgIpc) is 3.35. The van der Waals surface area contributed by atoms with Crippen LogP contribution in [0.1, 0.15) is 6.42 Å². The van der Waals surface area contributed by atoms with Crippen molar-refractivity contribution in [2.24, 2.45) is 0 Å². The third-order valence-corrected chi connectivity index (χ3v) is 6.68. The number of nitrogens with zero attached hydrogens (tertiary/aromatic N) is 5. The molecule has 192 valence electrons. The number of aromatic nitrogens is 3. The summed E-state index contributed by atoms with van der Waals surface area (Å²) in [5.74, 6) is -0.499. The molecule has 0 saturated carbocycles. The van der Waals surface area contributed by atoms with Gasteiger partial charge in [-0.3, -0.25) is 19.1 Å². The van der Waals surface area contributed by atoms with Gasteiger partial charge in [-0.25, -0.2) is 9.37 Å². The van der Waals surface area contributed by atoms with Gasteiger partial charge in [0.1, 0.15) is 29.8 Å². The molecule has 0 atom stereocenters. The first-order valence-corrected chi connectivity index (χ1v) is 12.5. The highest BCUT2D eigenvalue weighted by molar-refractivity contribution is 6.30. The van der Waals surface area contributed by atoms with Crippen molar-refractivity contribution in [3.63, 3.8) is 0 Å². The van der Waals surface area contributed by atoms with Gasteiger partial charge < -0.3 is 14.7 Å². The van der Waals surface area contributed by atoms with Gasteiger partial charge in [0.15, 0.2) is 0 Å². The fourth-order valence-corrected chi connectivity index (χ4v) is 4.55. The van der Waals surface area contributed by atoms with Gasteiger partial charge in [0, 0.05) is 49.0 Å². The van der Waals surface area contributed by atoms with E-state index in [1.54, 1.807) is 36.4 Å². The number of anilines is 1. The number of hydrogen-bond donors (Lipinski definition) is 1. The molecule has 1 amide bonds. The lowest BCUT2D eigenvalue weighted by Crippen LogP contribution is -2.47. The standard InChI is InChI=1S/C26H26ClFN6O3/c27-19-4-2-18(3-5-19)24-23-25(37-31-24)30-17-34(26(23)36)16-22(35)29-10-1-11-32-12-14-33(15-13-32)21-8-6-20(28)7-9-21/h2-9,17H,1,10-16H2,(H,29,35). The Hall–Kier alpha value is -3.76. The zero-order valence-corrected chi connectivity index (χ0v) is 20.8. The van der Waals surface area contributed by atoms with Crippen molar-refractivity contribution in [3.05, 3.63) is 76.1 Å². The van der Waals surface area contributed by atoms with Gasteiger partial charge in [-0.1, -0.05) is 28.9 Å². The van der Waals surface area contributed by atoms with Gasteiger partial charge in [0.25, 0.3) is 11.3 Å². The van der Waals surface area contributed by atoms with Crippen LogP contribution in [0.15, 0.2) is 64.2 Å². The number of nitrogens with one attached hydrogen (secondary N) is 1. The molecule has 2 aromatic heterocycles. The van der Waals surface area contributed by atoms with E-state index in [0.717, 1.165) is 44.8 Å². The van der Waals surface area contributed by atoms with Crippen LogP contribution in [0.25, 0.3) is 22.4 Å². The summed E-state index contributed by atoms with van der Waals surface area (Å²) in [5.41, 5.74) is 1.78. The minimum Gasteiger partial charge on any atom is -0.369 e. The lowest BCUT2D eigenvalue weighted by atomic mass is 10.1. The van der Waals surface area contributed by atoms with Crippen molar-refractivity contribution < 1.29 is 13.7 Å². The van der Waals surface area contributed by atoms with Crippen LogP contribution in [0.5, 0.6) is 0 Å². The molecule has 37 heavy (non-hydrogen) atoms. The SMILES string of the molecule is O=C(Cn1cnc2onc(-c3ccc(Cl)cc3)c2c1=O)NCCCN1CCN(c2ccc(F)cc2)CC1. The summed E-state index contributed by atoms with van der Waals surface area (Å²) in [4.78, 5) is 34.3. The lowest BCUT2D eigenvalue weighted by Gasteiger charge is -2.36. The third kappa shape index (κ3) is 5.81. The van der Waals surface area contributed by atoms with Crippen molar-refractivity contribution >= 4 is 34.3 Å². The van der Waals surface area contributed by atoms with Crippen molar-refractivity contribution in [1.82, 2.24) is 24.9 Å². The van der Waals surface area contributed by atoms with Crippen molar-refractivity contribution in [3.8, 4) is 11.3 Å². The summed E-state index contributed by atoms with van der Waals surface area (Å²) in [6, 6.07) is 13.5. The molecule has 4 aromatic rings. The number of carbonyl (C=O) groups is 1. The van der Waals surface area contributed by atoms with E-state index in [9.17, 15) is 14.0 Å². The number of hydrogen-bond acceptors (Lipinski definition) is 7. The van der Waals surface area contributed by atoms with Crippen LogP contribution in [0, 0.1) is 5.82 Å². The number of benzene rings is 2. The number of carbonyl (C=O) groups excluding carboxylic acids is 1. The van der Waals surface area contributed by atoms with E-state index in [1.165, 1.54) is 23.0 Å². The van der Waals surface area contributed by atoms with Gasteiger partial charge in [-0.2, -0.15) is 0 Å². The van der Waals surface area contributed by atoms with E-state index in [0.29, 0.717) is 22.8 Å². The first-order valence-electron chi connectivity index (χ1n) is 12.1. The maximum atomic E-state index is 13.1. The number of piperazine rings is 1. The number of fused-ring (bicyclic) bond motifs is 1. The Morgan fingerprint density at radius 2 is 1.78 bits per heavy atom. The number of halogens is 2. The van der Waals surface area contributed by atoms with E-state index < -0.39 is 5.56 Å². The smallest absolute Gasteiger partial charge is 0.267 e. The van der Waals surface area contributed by atoms with Crippen LogP contribution in [0.2, 0.25) is 5.02 Å². The highest BCUT2D eigenvalue weighted by Crippen LogP contribution is 2.25. The van der Waals surface area contributed by atoms with Gasteiger partial charge in [0.05, 0.1) is 0 Å². The zero-order chi connectivity index (χ0) is 25.8. The fourth-order valence-electron chi connectivity index (χ4n) is 4.42. The molecule has 1 fully saturated rings. The Kier molecular flexibility index (Phi) is 7.47. The molecule has 9 nitrogen and oxygen atoms in total. The van der Waals surface area contributed by atoms with Crippen LogP contribution in [0.3, 0.4) is 0 Å². The number of rotatable bonds is 8. The second-order valence-corrected chi connectivity index (χ2v) is 9.34. The summed E-state index contributed by atoms with van der Waals surface area (Å²) in [6.45, 7) is 4.76. The van der Waals surface area contributed by atoms with Gasteiger partial charge in [-0.05, 0) is 49.4 Å². The van der Waals surface area contributed by atoms with Gasteiger partial charge >= 0.3 is 0 Å². The predicted octanol–water partition coefficient (Wildman–Crippen LogP) is 3.17. The Balaban J connectivity index is 1.10. The molecule has 2 aromatic carbocycles. The second kappa shape index (κ2) is 11.1. The maximum absolute atomic E-state index is 13.1. The molecule has 1 aliphatic rings. The van der Waals surface area contributed by atoms with E-state index in [4.69, 9.17) is 16.1 Å². The lowest BCUT2D eigenvalue weighted by molar-refractivity contribution is -0.121. The van der Waals surface area contributed by atoms with Gasteiger partial charge in [0.2, 0.25) is 5.91 Å². The highest BCUT2D eigenvalue weighted by atomic mass is 35.5. The molecule has 0 spiro atoms. The summed E-state index contributed by atoms with van der Waals surface area (Å²) >= 11 is 5.95. The molecule has 3 heterocycles. The Labute approximate surface area is 217 Å². The first-order chi connectivity index (χ1) is 18.0. The molecule has 1 aliphatic heterocycles. The van der Waals surface area contributed by atoms with Crippen LogP contribution in [0.4, 0.5) is 10.1 Å². The van der Waals surface area contributed by atoms with Crippen LogP contribution >= 0.6 is 11.6 Å². The molecule has 0 bridgehead atoms. The van der Waals surface area contributed by atoms with E-state index in [-0.39, 0.29) is 29.4 Å². The summed E-state index contributed by atoms with van der Waals surface area (Å²) in [7, 11) is 0. The third-order valence-electron chi connectivity index (χ3n) is 6.43. The molecule has 5 rings (SSSR count). The summed E-state index contributed by atoms with van der Waals surface area (Å²) in [6.07, 6.45) is 2.09. The van der Waals surface area contributed by atoms with E-state index in [2.05, 4.69) is 25.3 Å². The van der Waals surface area contributed by atoms with Crippen molar-refractivity contribution in [2.45, 2.75) is 13.0 Å². The molecule has 0 unspecified atom stereocenters. The molecule has 0 radical (unpaired) electrons. The largest absolute Gasteiger partial charge is 0.369 e. The monoisotopic (exact) mass is 524 g/mol. The molecule has 0 aliphatic carbocycles. The number of amides is 1. The Morgan fingerprint density at radius 3 is 2.51 bits per heavy atom. The normalized spacial score (nSPS) is 14.3. The van der Waals surface area contributed by atoms with E-state index >= 15 is 0 Å². The fraction of sp³-hybridized carbons (Fsp3) is 0.308. The first kappa shape index (κ1) is 24.9. The maximum Gasteiger partial charge on any atom is 0.267 e. The topological polar surface area (TPSA) is 96.5 Å². The predicted molar refractivity (Wildman–Crippen MR) is 139 cm³/mol. The molecule has 1 N–H and O–H groups in total. The molecular weight excluding hydrogens is 499 g/mol. The summed E-state index contributed by atoms with van der Waals surface area (Å²) in [5, 5.41) is 7.65. The van der Waals surface area contributed by atoms with Crippen molar-refractivity contribution in [2.75, 3.05) is 44.2 Å². The van der Waals surface area contributed by atoms with Crippen LogP contribution in [-0.4, -0.2) is 64.8 Å². The molecular formula is C26H26ClFN6O3. The molecule has 11 heteroatoms. The second-order valence-electron chi connectivity index (χ2n) is 8.90. The Bertz CT molecular complexity index is 1430. The van der Waals surface area contributed by atoms with Crippen molar-refractivity contribution in [1.29, 1.82) is 0 Å². The molecule has 1 saturated heterocycles. The zero-order valence-electron chi connectivity index (χ0n) is 20.1. The Morgan fingerprint density at radius 1 is 1.05 bits per heavy atom. The minimum atomic E-state index is -0.398. The van der Waals surface area contributed by atoms with E-state index in [1.807, 2.05) is 0 Å². The van der Waals surface area contributed by atoms with Crippen LogP contribution in [-0.2, 0) is 11.3 Å². The highest BCUT2D eigenvalue weighted by Gasteiger charge is 2.19. The summed E-state index contributed by atoms with van der Waals surface area (Å²) < 4.78 is 19.6. The van der Waals surface area contributed by atoms with Crippen LogP contribution < -0.4 is 15.8 Å². The quantitative estimate of drug-likeness (QED) is 0.354.